The van der Waals surface area contributed by atoms with Gasteiger partial charge >= 0.3 is 0 Å². The highest BCUT2D eigenvalue weighted by Crippen LogP contribution is 2.23. The van der Waals surface area contributed by atoms with Gasteiger partial charge in [0.15, 0.2) is 0 Å². The smallest absolute Gasteiger partial charge is 0.237 e. The first kappa shape index (κ1) is 20.3. The number of carbonyl (C=O) groups excluding carboxylic acids is 2. The van der Waals surface area contributed by atoms with E-state index < -0.39 is 11.9 Å². The van der Waals surface area contributed by atoms with Gasteiger partial charge in [0.25, 0.3) is 0 Å². The van der Waals surface area contributed by atoms with Gasteiger partial charge in [0.1, 0.15) is 11.6 Å². The first-order chi connectivity index (χ1) is 13.5. The average molecular weight is 408 g/mol. The maximum Gasteiger partial charge on any atom is 0.237 e. The van der Waals surface area contributed by atoms with Crippen LogP contribution in [-0.2, 0) is 22.7 Å². The van der Waals surface area contributed by atoms with Crippen molar-refractivity contribution in [1.29, 1.82) is 0 Å². The molecule has 1 saturated heterocycles. The van der Waals surface area contributed by atoms with Crippen LogP contribution in [0, 0.1) is 12.7 Å². The van der Waals surface area contributed by atoms with E-state index in [1.165, 1.54) is 12.1 Å². The van der Waals surface area contributed by atoms with Gasteiger partial charge in [0.2, 0.25) is 11.8 Å². The molecule has 9 heteroatoms. The Morgan fingerprint density at radius 1 is 1.46 bits per heavy atom. The average Bonchev–Trinajstić information content (AvgIpc) is 3.06. The Kier molecular flexibility index (Phi) is 6.64. The van der Waals surface area contributed by atoms with Gasteiger partial charge in [-0.05, 0) is 19.1 Å². The fourth-order valence-electron chi connectivity index (χ4n) is 3.26. The third-order valence-corrected chi connectivity index (χ3v) is 5.20. The standard InChI is InChI=1S/C19H23ClFN5O2/c1-13-22-5-8-25(13)9-6-23-18(27)11-17-19(28)24-7-10-26(17)12-14-15(20)3-2-4-16(14)21/h2-5,8,17H,6-7,9-12H2,1H3,(H,23,27)(H,24,28)/t17-/m0/s1. The van der Waals surface area contributed by atoms with Crippen molar-refractivity contribution in [2.45, 2.75) is 32.5 Å². The molecule has 2 amide bonds. The second-order valence-electron chi connectivity index (χ2n) is 6.70. The first-order valence-corrected chi connectivity index (χ1v) is 9.52. The van der Waals surface area contributed by atoms with Crippen molar-refractivity contribution in [3.8, 4) is 0 Å². The number of benzene rings is 1. The predicted molar refractivity (Wildman–Crippen MR) is 103 cm³/mol. The molecule has 28 heavy (non-hydrogen) atoms. The van der Waals surface area contributed by atoms with Crippen LogP contribution in [-0.4, -0.2) is 51.9 Å². The fraction of sp³-hybridized carbons (Fsp3) is 0.421. The van der Waals surface area contributed by atoms with Gasteiger partial charge in [0.05, 0.1) is 12.5 Å². The summed E-state index contributed by atoms with van der Waals surface area (Å²) in [5.74, 6) is -0.0185. The highest BCUT2D eigenvalue weighted by molar-refractivity contribution is 6.31. The summed E-state index contributed by atoms with van der Waals surface area (Å²) in [6.07, 6.45) is 3.55. The Labute approximate surface area is 167 Å². The van der Waals surface area contributed by atoms with E-state index in [4.69, 9.17) is 11.6 Å². The van der Waals surface area contributed by atoms with Crippen LogP contribution in [0.1, 0.15) is 17.8 Å². The number of imidazole rings is 1. The maximum absolute atomic E-state index is 14.1. The van der Waals surface area contributed by atoms with E-state index in [1.807, 2.05) is 17.7 Å². The number of rotatable bonds is 7. The van der Waals surface area contributed by atoms with Crippen LogP contribution in [0.4, 0.5) is 4.39 Å². The number of hydrogen-bond acceptors (Lipinski definition) is 4. The number of hydrogen-bond donors (Lipinski definition) is 2. The zero-order valence-electron chi connectivity index (χ0n) is 15.6. The quantitative estimate of drug-likeness (QED) is 0.729. The third kappa shape index (κ3) is 4.88. The number of halogens is 2. The molecule has 0 aliphatic carbocycles. The summed E-state index contributed by atoms with van der Waals surface area (Å²) in [6.45, 7) is 4.06. The molecule has 1 atom stereocenters. The summed E-state index contributed by atoms with van der Waals surface area (Å²) in [5.41, 5.74) is 0.333. The van der Waals surface area contributed by atoms with Gasteiger partial charge in [-0.1, -0.05) is 17.7 Å². The van der Waals surface area contributed by atoms with E-state index in [-0.39, 0.29) is 24.8 Å². The number of nitrogens with zero attached hydrogens (tertiary/aromatic N) is 3. The Morgan fingerprint density at radius 2 is 2.29 bits per heavy atom. The van der Waals surface area contributed by atoms with Gasteiger partial charge in [-0.3, -0.25) is 14.5 Å². The minimum absolute atomic E-state index is 0.000809. The lowest BCUT2D eigenvalue weighted by Crippen LogP contribution is -2.56. The van der Waals surface area contributed by atoms with Crippen LogP contribution < -0.4 is 10.6 Å². The molecule has 3 rings (SSSR count). The number of aryl methyl sites for hydroxylation is 1. The van der Waals surface area contributed by atoms with E-state index in [0.717, 1.165) is 5.82 Å². The zero-order valence-corrected chi connectivity index (χ0v) is 16.4. The molecule has 150 valence electrons. The molecular weight excluding hydrogens is 385 g/mol. The van der Waals surface area contributed by atoms with Gasteiger partial charge < -0.3 is 15.2 Å². The Hall–Kier alpha value is -2.45. The van der Waals surface area contributed by atoms with E-state index in [2.05, 4.69) is 15.6 Å². The summed E-state index contributed by atoms with van der Waals surface area (Å²) >= 11 is 6.11. The Morgan fingerprint density at radius 3 is 3.00 bits per heavy atom. The third-order valence-electron chi connectivity index (χ3n) is 4.84. The van der Waals surface area contributed by atoms with Crippen LogP contribution in [0.15, 0.2) is 30.6 Å². The molecule has 0 saturated carbocycles. The molecule has 0 bridgehead atoms. The van der Waals surface area contributed by atoms with Gasteiger partial charge in [-0.25, -0.2) is 9.37 Å². The monoisotopic (exact) mass is 407 g/mol. The molecule has 1 fully saturated rings. The van der Waals surface area contributed by atoms with Crippen molar-refractivity contribution in [2.24, 2.45) is 0 Å². The first-order valence-electron chi connectivity index (χ1n) is 9.15. The molecule has 0 spiro atoms. The van der Waals surface area contributed by atoms with Crippen LogP contribution in [0.3, 0.4) is 0 Å². The van der Waals surface area contributed by atoms with Crippen molar-refractivity contribution in [1.82, 2.24) is 25.1 Å². The van der Waals surface area contributed by atoms with Crippen molar-refractivity contribution >= 4 is 23.4 Å². The SMILES string of the molecule is Cc1nccn1CCNC(=O)C[C@H]1C(=O)NCCN1Cc1c(F)cccc1Cl. The van der Waals surface area contributed by atoms with Gasteiger partial charge in [-0.15, -0.1) is 0 Å². The zero-order chi connectivity index (χ0) is 20.1. The lowest BCUT2D eigenvalue weighted by Gasteiger charge is -2.35. The molecule has 1 aliphatic rings. The van der Waals surface area contributed by atoms with Crippen LogP contribution in [0.5, 0.6) is 0 Å². The van der Waals surface area contributed by atoms with Crippen LogP contribution in [0.25, 0.3) is 0 Å². The number of piperazine rings is 1. The van der Waals surface area contributed by atoms with E-state index in [1.54, 1.807) is 17.2 Å². The number of nitrogens with one attached hydrogen (secondary N) is 2. The van der Waals surface area contributed by atoms with Crippen molar-refractivity contribution in [2.75, 3.05) is 19.6 Å². The normalized spacial score (nSPS) is 17.4. The predicted octanol–water partition coefficient (Wildman–Crippen LogP) is 1.49. The van der Waals surface area contributed by atoms with Crippen LogP contribution in [0.2, 0.25) is 5.02 Å². The number of carbonyl (C=O) groups is 2. The van der Waals surface area contributed by atoms with E-state index in [9.17, 15) is 14.0 Å². The summed E-state index contributed by atoms with van der Waals surface area (Å²) in [6, 6.07) is 3.82. The molecule has 2 heterocycles. The van der Waals surface area contributed by atoms with Gasteiger partial charge in [-0.2, -0.15) is 0 Å². The van der Waals surface area contributed by atoms with E-state index in [0.29, 0.717) is 36.8 Å². The van der Waals surface area contributed by atoms with Crippen molar-refractivity contribution in [3.05, 3.63) is 52.8 Å². The second kappa shape index (κ2) is 9.16. The summed E-state index contributed by atoms with van der Waals surface area (Å²) in [5, 5.41) is 5.91. The molecule has 1 aromatic heterocycles. The highest BCUT2D eigenvalue weighted by Gasteiger charge is 2.32. The maximum atomic E-state index is 14.1. The topological polar surface area (TPSA) is 79.3 Å². The van der Waals surface area contributed by atoms with Crippen LogP contribution >= 0.6 is 11.6 Å². The molecule has 1 aliphatic heterocycles. The van der Waals surface area contributed by atoms with Crippen molar-refractivity contribution in [3.63, 3.8) is 0 Å². The molecule has 7 nitrogen and oxygen atoms in total. The fourth-order valence-corrected chi connectivity index (χ4v) is 3.49. The molecule has 1 aromatic carbocycles. The molecule has 2 N–H and O–H groups in total. The van der Waals surface area contributed by atoms with E-state index >= 15 is 0 Å². The highest BCUT2D eigenvalue weighted by atomic mass is 35.5. The largest absolute Gasteiger partial charge is 0.354 e. The molecular formula is C19H23ClFN5O2. The van der Waals surface area contributed by atoms with Crippen molar-refractivity contribution < 1.29 is 14.0 Å². The number of amides is 2. The summed E-state index contributed by atoms with van der Waals surface area (Å²) in [7, 11) is 0. The minimum atomic E-state index is -0.667. The second-order valence-corrected chi connectivity index (χ2v) is 7.11. The minimum Gasteiger partial charge on any atom is -0.354 e. The summed E-state index contributed by atoms with van der Waals surface area (Å²) in [4.78, 5) is 30.6. The lowest BCUT2D eigenvalue weighted by atomic mass is 10.1. The Balaban J connectivity index is 1.60. The molecule has 0 radical (unpaired) electrons. The Bertz CT molecular complexity index is 836. The number of aromatic nitrogens is 2. The molecule has 0 unspecified atom stereocenters. The molecule has 2 aromatic rings. The van der Waals surface area contributed by atoms with Gasteiger partial charge in [0, 0.05) is 55.7 Å². The summed E-state index contributed by atoms with van der Waals surface area (Å²) < 4.78 is 16.1. The lowest BCUT2D eigenvalue weighted by molar-refractivity contribution is -0.134.